The van der Waals surface area contributed by atoms with Gasteiger partial charge in [-0.25, -0.2) is 0 Å². The van der Waals surface area contributed by atoms with Gasteiger partial charge < -0.3 is 5.11 Å². The average Bonchev–Trinajstić information content (AvgIpc) is 2.05. The number of hydrogen-bond donors (Lipinski definition) is 1. The zero-order valence-corrected chi connectivity index (χ0v) is 8.17. The summed E-state index contributed by atoms with van der Waals surface area (Å²) < 4.78 is 0. The van der Waals surface area contributed by atoms with Gasteiger partial charge in [0, 0.05) is 6.04 Å². The molecule has 0 rings (SSSR count). The SMILES string of the molecule is CCC(O)N(C)C(CC)CC. The normalized spacial score (nSPS) is 14.5. The summed E-state index contributed by atoms with van der Waals surface area (Å²) in [5.74, 6) is 0. The standard InChI is InChI=1S/C9H21NO/c1-5-8(6-2)10(4)9(11)7-3/h8-9,11H,5-7H2,1-4H3. The van der Waals surface area contributed by atoms with Crippen LogP contribution in [0.1, 0.15) is 40.0 Å². The van der Waals surface area contributed by atoms with Crippen molar-refractivity contribution in [3.63, 3.8) is 0 Å². The highest BCUT2D eigenvalue weighted by molar-refractivity contribution is 4.66. The lowest BCUT2D eigenvalue weighted by Gasteiger charge is -2.30. The second-order valence-electron chi connectivity index (χ2n) is 3.02. The Bertz CT molecular complexity index is 91.6. The molecule has 0 radical (unpaired) electrons. The monoisotopic (exact) mass is 159 g/mol. The Morgan fingerprint density at radius 1 is 1.09 bits per heavy atom. The van der Waals surface area contributed by atoms with E-state index in [4.69, 9.17) is 0 Å². The molecule has 0 bridgehead atoms. The molecule has 1 N–H and O–H groups in total. The van der Waals surface area contributed by atoms with Crippen molar-refractivity contribution in [2.45, 2.75) is 52.3 Å². The summed E-state index contributed by atoms with van der Waals surface area (Å²) >= 11 is 0. The van der Waals surface area contributed by atoms with Gasteiger partial charge in [0.05, 0.1) is 0 Å². The van der Waals surface area contributed by atoms with Gasteiger partial charge in [0.1, 0.15) is 6.23 Å². The fourth-order valence-corrected chi connectivity index (χ4v) is 1.40. The van der Waals surface area contributed by atoms with Crippen LogP contribution in [-0.4, -0.2) is 29.3 Å². The highest BCUT2D eigenvalue weighted by atomic mass is 16.3. The maximum Gasteiger partial charge on any atom is 0.107 e. The molecule has 0 saturated carbocycles. The predicted molar refractivity (Wildman–Crippen MR) is 48.4 cm³/mol. The third kappa shape index (κ3) is 3.21. The quantitative estimate of drug-likeness (QED) is 0.619. The van der Waals surface area contributed by atoms with E-state index in [0.717, 1.165) is 19.3 Å². The number of nitrogens with zero attached hydrogens (tertiary/aromatic N) is 1. The van der Waals surface area contributed by atoms with Crippen molar-refractivity contribution in [3.05, 3.63) is 0 Å². The molecule has 2 nitrogen and oxygen atoms in total. The van der Waals surface area contributed by atoms with Gasteiger partial charge in [0.15, 0.2) is 0 Å². The van der Waals surface area contributed by atoms with Crippen molar-refractivity contribution < 1.29 is 5.11 Å². The molecule has 68 valence electrons. The Morgan fingerprint density at radius 3 is 1.82 bits per heavy atom. The fourth-order valence-electron chi connectivity index (χ4n) is 1.40. The molecule has 0 aromatic rings. The minimum atomic E-state index is -0.264. The third-order valence-electron chi connectivity index (χ3n) is 2.35. The molecule has 0 aromatic carbocycles. The molecule has 1 unspecified atom stereocenters. The molecule has 0 aliphatic heterocycles. The summed E-state index contributed by atoms with van der Waals surface area (Å²) in [7, 11) is 1.99. The van der Waals surface area contributed by atoms with Crippen LogP contribution in [0.2, 0.25) is 0 Å². The van der Waals surface area contributed by atoms with Crippen LogP contribution in [0.3, 0.4) is 0 Å². The van der Waals surface area contributed by atoms with E-state index in [-0.39, 0.29) is 6.23 Å². The smallest absolute Gasteiger partial charge is 0.107 e. The van der Waals surface area contributed by atoms with E-state index in [0.29, 0.717) is 6.04 Å². The van der Waals surface area contributed by atoms with Gasteiger partial charge >= 0.3 is 0 Å². The molecular weight excluding hydrogens is 138 g/mol. The summed E-state index contributed by atoms with van der Waals surface area (Å²) in [5, 5.41) is 9.48. The van der Waals surface area contributed by atoms with Gasteiger partial charge in [0.2, 0.25) is 0 Å². The first-order chi connectivity index (χ1) is 5.17. The van der Waals surface area contributed by atoms with Crippen LogP contribution in [-0.2, 0) is 0 Å². The van der Waals surface area contributed by atoms with E-state index in [1.54, 1.807) is 0 Å². The number of aliphatic hydroxyl groups excluding tert-OH is 1. The van der Waals surface area contributed by atoms with Crippen LogP contribution in [0.25, 0.3) is 0 Å². The van der Waals surface area contributed by atoms with Gasteiger partial charge in [-0.3, -0.25) is 4.90 Å². The molecule has 0 fully saturated rings. The van der Waals surface area contributed by atoms with Crippen LogP contribution in [0.5, 0.6) is 0 Å². The summed E-state index contributed by atoms with van der Waals surface area (Å²) in [6.07, 6.45) is 2.78. The molecule has 1 atom stereocenters. The van der Waals surface area contributed by atoms with Crippen LogP contribution < -0.4 is 0 Å². The molecule has 0 saturated heterocycles. The molecule has 0 aliphatic carbocycles. The highest BCUT2D eigenvalue weighted by Gasteiger charge is 2.15. The molecule has 11 heavy (non-hydrogen) atoms. The molecular formula is C9H21NO. The largest absolute Gasteiger partial charge is 0.378 e. The Labute approximate surface area is 70.2 Å². The van der Waals surface area contributed by atoms with Crippen molar-refractivity contribution >= 4 is 0 Å². The molecule has 2 heteroatoms. The van der Waals surface area contributed by atoms with E-state index < -0.39 is 0 Å². The minimum absolute atomic E-state index is 0.264. The molecule has 0 heterocycles. The summed E-state index contributed by atoms with van der Waals surface area (Å²) in [5.41, 5.74) is 0. The van der Waals surface area contributed by atoms with E-state index in [9.17, 15) is 5.11 Å². The first-order valence-electron chi connectivity index (χ1n) is 4.57. The Balaban J connectivity index is 3.86. The van der Waals surface area contributed by atoms with Crippen LogP contribution in [0, 0.1) is 0 Å². The lowest BCUT2D eigenvalue weighted by Crippen LogP contribution is -2.39. The second-order valence-corrected chi connectivity index (χ2v) is 3.02. The number of hydrogen-bond acceptors (Lipinski definition) is 2. The zero-order chi connectivity index (χ0) is 8.85. The van der Waals surface area contributed by atoms with Crippen molar-refractivity contribution in [1.82, 2.24) is 4.90 Å². The van der Waals surface area contributed by atoms with Gasteiger partial charge in [-0.05, 0) is 26.3 Å². The third-order valence-corrected chi connectivity index (χ3v) is 2.35. The second kappa shape index (κ2) is 5.56. The Kier molecular flexibility index (Phi) is 5.51. The predicted octanol–water partition coefficient (Wildman–Crippen LogP) is 1.84. The summed E-state index contributed by atoms with van der Waals surface area (Å²) in [6, 6.07) is 0.532. The molecule has 0 spiro atoms. The number of aliphatic hydroxyl groups is 1. The van der Waals surface area contributed by atoms with Crippen molar-refractivity contribution in [2.24, 2.45) is 0 Å². The van der Waals surface area contributed by atoms with Gasteiger partial charge in [0.25, 0.3) is 0 Å². The van der Waals surface area contributed by atoms with Crippen LogP contribution in [0.4, 0.5) is 0 Å². The van der Waals surface area contributed by atoms with Crippen molar-refractivity contribution in [3.8, 4) is 0 Å². The fraction of sp³-hybridized carbons (Fsp3) is 1.00. The number of rotatable bonds is 5. The zero-order valence-electron chi connectivity index (χ0n) is 8.17. The van der Waals surface area contributed by atoms with Gasteiger partial charge in [-0.1, -0.05) is 20.8 Å². The van der Waals surface area contributed by atoms with Gasteiger partial charge in [-0.15, -0.1) is 0 Å². The van der Waals surface area contributed by atoms with Gasteiger partial charge in [-0.2, -0.15) is 0 Å². The van der Waals surface area contributed by atoms with E-state index >= 15 is 0 Å². The lowest BCUT2D eigenvalue weighted by molar-refractivity contribution is -0.0103. The first kappa shape index (κ1) is 10.9. The van der Waals surface area contributed by atoms with Crippen LogP contribution >= 0.6 is 0 Å². The Morgan fingerprint density at radius 2 is 1.55 bits per heavy atom. The molecule has 0 aliphatic rings. The van der Waals surface area contributed by atoms with E-state index in [2.05, 4.69) is 18.7 Å². The average molecular weight is 159 g/mol. The summed E-state index contributed by atoms with van der Waals surface area (Å²) in [6.45, 7) is 6.32. The Hall–Kier alpha value is -0.0800. The molecule has 0 aromatic heterocycles. The lowest BCUT2D eigenvalue weighted by atomic mass is 10.1. The summed E-state index contributed by atoms with van der Waals surface area (Å²) in [4.78, 5) is 2.06. The van der Waals surface area contributed by atoms with E-state index in [1.807, 2.05) is 14.0 Å². The molecule has 0 amide bonds. The van der Waals surface area contributed by atoms with E-state index in [1.165, 1.54) is 0 Å². The highest BCUT2D eigenvalue weighted by Crippen LogP contribution is 2.09. The maximum absolute atomic E-state index is 9.48. The van der Waals surface area contributed by atoms with Crippen molar-refractivity contribution in [1.29, 1.82) is 0 Å². The first-order valence-corrected chi connectivity index (χ1v) is 4.57. The maximum atomic E-state index is 9.48. The van der Waals surface area contributed by atoms with Crippen molar-refractivity contribution in [2.75, 3.05) is 7.05 Å². The van der Waals surface area contributed by atoms with Crippen LogP contribution in [0.15, 0.2) is 0 Å². The topological polar surface area (TPSA) is 23.5 Å². The minimum Gasteiger partial charge on any atom is -0.378 e.